The van der Waals surface area contributed by atoms with E-state index in [1.807, 2.05) is 0 Å². The van der Waals surface area contributed by atoms with Crippen LogP contribution in [0.15, 0.2) is 6.20 Å². The van der Waals surface area contributed by atoms with Gasteiger partial charge in [-0.15, -0.1) is 0 Å². The molecule has 6 nitrogen and oxygen atoms in total. The number of amides is 1. The molecule has 0 aliphatic rings. The van der Waals surface area contributed by atoms with Crippen LogP contribution >= 0.6 is 0 Å². The Bertz CT molecular complexity index is 274. The molecule has 1 heterocycles. The summed E-state index contributed by atoms with van der Waals surface area (Å²) in [6.07, 6.45) is 1.83. The van der Waals surface area contributed by atoms with Crippen molar-refractivity contribution in [2.45, 2.75) is 0 Å². The van der Waals surface area contributed by atoms with Crippen molar-refractivity contribution in [2.24, 2.45) is 0 Å². The Morgan fingerprint density at radius 2 is 2.27 bits per heavy atom. The minimum Gasteiger partial charge on any atom is -0.382 e. The van der Waals surface area contributed by atoms with Crippen molar-refractivity contribution in [3.05, 3.63) is 6.20 Å². The van der Waals surface area contributed by atoms with Crippen molar-refractivity contribution in [3.8, 4) is 0 Å². The van der Waals surface area contributed by atoms with E-state index in [9.17, 15) is 4.79 Å². The SMILES string of the molecule is Nc1ncc(NC=O)c(N)n1. The van der Waals surface area contributed by atoms with Gasteiger partial charge in [-0.05, 0) is 0 Å². The zero-order valence-electron chi connectivity index (χ0n) is 5.61. The van der Waals surface area contributed by atoms with Crippen molar-refractivity contribution in [3.63, 3.8) is 0 Å². The van der Waals surface area contributed by atoms with Crippen LogP contribution in [0.5, 0.6) is 0 Å². The minimum atomic E-state index is 0.0824. The number of carbonyl (C=O) groups is 1. The first-order chi connectivity index (χ1) is 5.24. The van der Waals surface area contributed by atoms with Crippen molar-refractivity contribution < 1.29 is 4.79 Å². The number of hydrogen-bond acceptors (Lipinski definition) is 5. The molecule has 5 N–H and O–H groups in total. The first kappa shape index (κ1) is 7.26. The summed E-state index contributed by atoms with van der Waals surface area (Å²) in [7, 11) is 0. The van der Waals surface area contributed by atoms with Gasteiger partial charge in [0, 0.05) is 0 Å². The number of nitrogens with zero attached hydrogens (tertiary/aromatic N) is 2. The van der Waals surface area contributed by atoms with Gasteiger partial charge < -0.3 is 16.8 Å². The van der Waals surface area contributed by atoms with Crippen LogP contribution in [0.1, 0.15) is 0 Å². The molecule has 0 aromatic carbocycles. The Balaban J connectivity index is 2.98. The van der Waals surface area contributed by atoms with Crippen LogP contribution in [-0.4, -0.2) is 16.4 Å². The quantitative estimate of drug-likeness (QED) is 0.482. The van der Waals surface area contributed by atoms with E-state index in [0.717, 1.165) is 0 Å². The molecule has 0 aliphatic carbocycles. The number of nitrogen functional groups attached to an aromatic ring is 2. The van der Waals surface area contributed by atoms with E-state index in [1.165, 1.54) is 6.20 Å². The van der Waals surface area contributed by atoms with Crippen LogP contribution in [0.25, 0.3) is 0 Å². The van der Waals surface area contributed by atoms with E-state index in [-0.39, 0.29) is 11.8 Å². The monoisotopic (exact) mass is 153 g/mol. The molecule has 58 valence electrons. The molecule has 11 heavy (non-hydrogen) atoms. The lowest BCUT2D eigenvalue weighted by Gasteiger charge is -2.00. The first-order valence-electron chi connectivity index (χ1n) is 2.82. The summed E-state index contributed by atoms with van der Waals surface area (Å²) in [5.41, 5.74) is 10.9. The van der Waals surface area contributed by atoms with E-state index >= 15 is 0 Å². The van der Waals surface area contributed by atoms with Gasteiger partial charge in [0.05, 0.1) is 6.20 Å². The standard InChI is InChI=1S/C5H7N5O/c6-4-3(9-2-11)1-8-5(7)10-4/h1-2H,(H,9,11)(H4,6,7,8,10). The van der Waals surface area contributed by atoms with Gasteiger partial charge in [0.2, 0.25) is 12.4 Å². The zero-order valence-corrected chi connectivity index (χ0v) is 5.61. The summed E-state index contributed by atoms with van der Waals surface area (Å²) >= 11 is 0. The van der Waals surface area contributed by atoms with Crippen LogP contribution in [0, 0.1) is 0 Å². The molecule has 1 aromatic heterocycles. The van der Waals surface area contributed by atoms with Gasteiger partial charge in [-0.2, -0.15) is 4.98 Å². The molecule has 0 atom stereocenters. The predicted octanol–water partition coefficient (Wildman–Crippen LogP) is -0.791. The van der Waals surface area contributed by atoms with Gasteiger partial charge in [0.1, 0.15) is 5.69 Å². The van der Waals surface area contributed by atoms with Crippen molar-refractivity contribution in [1.29, 1.82) is 0 Å². The van der Waals surface area contributed by atoms with Gasteiger partial charge in [-0.25, -0.2) is 4.98 Å². The molecule has 0 fully saturated rings. The van der Waals surface area contributed by atoms with Crippen molar-refractivity contribution in [1.82, 2.24) is 9.97 Å². The Morgan fingerprint density at radius 1 is 1.55 bits per heavy atom. The normalized spacial score (nSPS) is 9.09. The molecule has 0 bridgehead atoms. The maximum atomic E-state index is 9.96. The lowest BCUT2D eigenvalue weighted by atomic mass is 10.5. The molecule has 6 heteroatoms. The highest BCUT2D eigenvalue weighted by Gasteiger charge is 1.98. The molecule has 1 rings (SSSR count). The van der Waals surface area contributed by atoms with Crippen LogP contribution in [-0.2, 0) is 4.79 Å². The second-order valence-electron chi connectivity index (χ2n) is 1.79. The number of carbonyl (C=O) groups excluding carboxylic acids is 1. The van der Waals surface area contributed by atoms with Crippen molar-refractivity contribution >= 4 is 23.9 Å². The predicted molar refractivity (Wildman–Crippen MR) is 40.5 cm³/mol. The molecule has 0 aliphatic heterocycles. The van der Waals surface area contributed by atoms with E-state index < -0.39 is 0 Å². The minimum absolute atomic E-state index is 0.0824. The molecular weight excluding hydrogens is 146 g/mol. The summed E-state index contributed by atoms with van der Waals surface area (Å²) < 4.78 is 0. The van der Waals surface area contributed by atoms with Crippen LogP contribution in [0.4, 0.5) is 17.5 Å². The highest BCUT2D eigenvalue weighted by atomic mass is 16.1. The third-order valence-electron chi connectivity index (χ3n) is 1.05. The molecule has 1 amide bonds. The highest BCUT2D eigenvalue weighted by Crippen LogP contribution is 2.12. The van der Waals surface area contributed by atoms with Gasteiger partial charge in [-0.1, -0.05) is 0 Å². The summed E-state index contributed by atoms with van der Waals surface area (Å²) in [6.45, 7) is 0. The number of nitrogens with one attached hydrogen (secondary N) is 1. The summed E-state index contributed by atoms with van der Waals surface area (Å²) in [5, 5.41) is 2.32. The fourth-order valence-corrected chi connectivity index (χ4v) is 0.584. The van der Waals surface area contributed by atoms with Crippen molar-refractivity contribution in [2.75, 3.05) is 16.8 Å². The second-order valence-corrected chi connectivity index (χ2v) is 1.79. The van der Waals surface area contributed by atoms with E-state index in [1.54, 1.807) is 0 Å². The Kier molecular flexibility index (Phi) is 1.86. The lowest BCUT2D eigenvalue weighted by molar-refractivity contribution is -0.105. The van der Waals surface area contributed by atoms with E-state index in [2.05, 4.69) is 15.3 Å². The van der Waals surface area contributed by atoms with Gasteiger partial charge in [-0.3, -0.25) is 4.79 Å². The Hall–Kier alpha value is -1.85. The van der Waals surface area contributed by atoms with Gasteiger partial charge in [0.25, 0.3) is 0 Å². The van der Waals surface area contributed by atoms with Gasteiger partial charge in [0.15, 0.2) is 5.82 Å². The third-order valence-corrected chi connectivity index (χ3v) is 1.05. The second kappa shape index (κ2) is 2.82. The van der Waals surface area contributed by atoms with E-state index in [0.29, 0.717) is 12.1 Å². The molecule has 0 unspecified atom stereocenters. The summed E-state index contributed by atoms with van der Waals surface area (Å²) in [6, 6.07) is 0. The molecule has 1 aromatic rings. The average Bonchev–Trinajstić information content (AvgIpc) is 1.95. The highest BCUT2D eigenvalue weighted by molar-refractivity contribution is 5.77. The van der Waals surface area contributed by atoms with E-state index in [4.69, 9.17) is 11.5 Å². The zero-order chi connectivity index (χ0) is 8.27. The Labute approximate surface area is 62.6 Å². The smallest absolute Gasteiger partial charge is 0.222 e. The summed E-state index contributed by atoms with van der Waals surface area (Å²) in [5.74, 6) is 0.239. The molecule has 0 spiro atoms. The van der Waals surface area contributed by atoms with Crippen LogP contribution in [0.3, 0.4) is 0 Å². The molecule has 0 radical (unpaired) electrons. The average molecular weight is 153 g/mol. The third kappa shape index (κ3) is 1.54. The van der Waals surface area contributed by atoms with Gasteiger partial charge >= 0.3 is 0 Å². The van der Waals surface area contributed by atoms with Crippen LogP contribution in [0.2, 0.25) is 0 Å². The number of anilines is 3. The summed E-state index contributed by atoms with van der Waals surface area (Å²) in [4.78, 5) is 17.2. The maximum Gasteiger partial charge on any atom is 0.222 e. The number of nitrogens with two attached hydrogens (primary N) is 2. The molecule has 0 saturated heterocycles. The lowest BCUT2D eigenvalue weighted by Crippen LogP contribution is -2.04. The number of hydrogen-bond donors (Lipinski definition) is 3. The molecule has 0 saturated carbocycles. The topological polar surface area (TPSA) is 107 Å². The fraction of sp³-hybridized carbons (Fsp3) is 0. The van der Waals surface area contributed by atoms with Crippen LogP contribution < -0.4 is 16.8 Å². The Morgan fingerprint density at radius 3 is 2.82 bits per heavy atom. The maximum absolute atomic E-state index is 9.96. The number of aromatic nitrogens is 2. The first-order valence-corrected chi connectivity index (χ1v) is 2.82. The largest absolute Gasteiger partial charge is 0.382 e. The fourth-order valence-electron chi connectivity index (χ4n) is 0.584. The molecular formula is C5H7N5O. The number of rotatable bonds is 2.